The number of carbonyl (C=O) groups is 1. The van der Waals surface area contributed by atoms with Crippen LogP contribution in [0.2, 0.25) is 0 Å². The van der Waals surface area contributed by atoms with Crippen LogP contribution in [0.15, 0.2) is 12.2 Å². The molecule has 1 N–H and O–H groups in total. The van der Waals surface area contributed by atoms with Crippen LogP contribution in [-0.4, -0.2) is 24.3 Å². The molecular formula is C20H39NaO3. The van der Waals surface area contributed by atoms with Gasteiger partial charge in [-0.25, -0.2) is 0 Å². The van der Waals surface area contributed by atoms with E-state index in [1.54, 1.807) is 0 Å². The first kappa shape index (κ1) is 26.4. The molecule has 0 aromatic heterocycles. The predicted molar refractivity (Wildman–Crippen MR) is 98.6 cm³/mol. The number of carbonyl (C=O) groups excluding carboxylic acids is 1. The maximum Gasteiger partial charge on any atom is 1.00 e. The minimum atomic E-state index is -0.184. The van der Waals surface area contributed by atoms with Gasteiger partial charge in [-0.2, -0.15) is 0 Å². The molecule has 0 aliphatic heterocycles. The zero-order valence-corrected chi connectivity index (χ0v) is 18.2. The number of ether oxygens (including phenoxy) is 1. The molecule has 0 amide bonds. The van der Waals surface area contributed by atoms with Crippen molar-refractivity contribution < 1.29 is 45.6 Å². The molecule has 0 bridgehead atoms. The molecule has 0 atom stereocenters. The molecule has 4 heteroatoms. The van der Waals surface area contributed by atoms with Gasteiger partial charge in [0.05, 0.1) is 6.61 Å². The maximum atomic E-state index is 11.2. The third-order valence-electron chi connectivity index (χ3n) is 4.00. The Bertz CT molecular complexity index is 286. The first-order chi connectivity index (χ1) is 11.3. The maximum absolute atomic E-state index is 11.2. The number of allylic oxidation sites excluding steroid dienone is 2. The summed E-state index contributed by atoms with van der Waals surface area (Å²) in [7, 11) is 0. The van der Waals surface area contributed by atoms with Gasteiger partial charge in [0.1, 0.15) is 6.61 Å². The number of aliphatic hydroxyl groups is 1. The standard InChI is InChI=1S/C20H38O3.Na.H/c1-2-3-4-5-6-7-8-9-10-11-12-13-14-15-16-17-20(22)23-19-18-21;;/h9-10,21H,2-8,11-19H2,1H3;;/q;+1;-1/b10-9-;;. The zero-order chi connectivity index (χ0) is 17.0. The summed E-state index contributed by atoms with van der Waals surface area (Å²) in [4.78, 5) is 11.2. The summed E-state index contributed by atoms with van der Waals surface area (Å²) in [6.07, 6.45) is 21.5. The summed E-state index contributed by atoms with van der Waals surface area (Å²) < 4.78 is 4.81. The molecule has 0 aromatic carbocycles. The summed E-state index contributed by atoms with van der Waals surface area (Å²) in [6.45, 7) is 2.30. The van der Waals surface area contributed by atoms with Gasteiger partial charge >= 0.3 is 35.5 Å². The van der Waals surface area contributed by atoms with Crippen molar-refractivity contribution in [2.75, 3.05) is 13.2 Å². The van der Waals surface area contributed by atoms with Crippen LogP contribution >= 0.6 is 0 Å². The predicted octanol–water partition coefficient (Wildman–Crippen LogP) is 2.68. The van der Waals surface area contributed by atoms with Crippen molar-refractivity contribution in [3.8, 4) is 0 Å². The normalized spacial score (nSPS) is 10.8. The van der Waals surface area contributed by atoms with Crippen LogP contribution in [0, 0.1) is 0 Å². The fourth-order valence-corrected chi connectivity index (χ4v) is 2.57. The van der Waals surface area contributed by atoms with Gasteiger partial charge in [0.2, 0.25) is 0 Å². The van der Waals surface area contributed by atoms with Crippen molar-refractivity contribution in [2.24, 2.45) is 0 Å². The van der Waals surface area contributed by atoms with Crippen LogP contribution in [0.5, 0.6) is 0 Å². The van der Waals surface area contributed by atoms with Crippen LogP contribution in [0.1, 0.15) is 98.2 Å². The fourth-order valence-electron chi connectivity index (χ4n) is 2.57. The monoisotopic (exact) mass is 350 g/mol. The number of hydrogen-bond acceptors (Lipinski definition) is 3. The zero-order valence-electron chi connectivity index (χ0n) is 17.2. The van der Waals surface area contributed by atoms with Crippen LogP contribution < -0.4 is 29.6 Å². The molecule has 0 spiro atoms. The van der Waals surface area contributed by atoms with E-state index in [0.717, 1.165) is 12.8 Å². The molecule has 24 heavy (non-hydrogen) atoms. The third-order valence-corrected chi connectivity index (χ3v) is 4.00. The molecule has 0 aliphatic carbocycles. The number of unbranched alkanes of at least 4 members (excludes halogenated alkanes) is 11. The topological polar surface area (TPSA) is 46.5 Å². The molecule has 0 heterocycles. The Labute approximate surface area is 173 Å². The second-order valence-corrected chi connectivity index (χ2v) is 6.28. The van der Waals surface area contributed by atoms with E-state index in [9.17, 15) is 4.79 Å². The quantitative estimate of drug-likeness (QED) is 0.190. The Morgan fingerprint density at radius 3 is 1.92 bits per heavy atom. The molecule has 0 unspecified atom stereocenters. The third kappa shape index (κ3) is 22.2. The Hall–Kier alpha value is 0.170. The summed E-state index contributed by atoms with van der Waals surface area (Å²) in [5.74, 6) is -0.184. The average molecular weight is 351 g/mol. The fraction of sp³-hybridized carbons (Fsp3) is 0.850. The van der Waals surface area contributed by atoms with Crippen LogP contribution in [0.4, 0.5) is 0 Å². The minimum absolute atomic E-state index is 0. The van der Waals surface area contributed by atoms with E-state index >= 15 is 0 Å². The molecule has 0 fully saturated rings. The molecule has 0 aromatic rings. The van der Waals surface area contributed by atoms with E-state index in [2.05, 4.69) is 19.1 Å². The van der Waals surface area contributed by atoms with Crippen molar-refractivity contribution in [3.63, 3.8) is 0 Å². The summed E-state index contributed by atoms with van der Waals surface area (Å²) >= 11 is 0. The average Bonchev–Trinajstić information content (AvgIpc) is 2.56. The Kier molecular flexibility index (Phi) is 25.5. The van der Waals surface area contributed by atoms with Gasteiger partial charge < -0.3 is 11.3 Å². The van der Waals surface area contributed by atoms with E-state index in [4.69, 9.17) is 9.84 Å². The van der Waals surface area contributed by atoms with E-state index in [1.165, 1.54) is 70.6 Å². The van der Waals surface area contributed by atoms with Gasteiger partial charge in [0.25, 0.3) is 0 Å². The van der Waals surface area contributed by atoms with Gasteiger partial charge in [-0.15, -0.1) is 0 Å². The Morgan fingerprint density at radius 2 is 1.38 bits per heavy atom. The van der Waals surface area contributed by atoms with Crippen molar-refractivity contribution in [1.82, 2.24) is 0 Å². The Balaban J connectivity index is -0.00000242. The van der Waals surface area contributed by atoms with Gasteiger partial charge in [-0.3, -0.25) is 4.79 Å². The van der Waals surface area contributed by atoms with Crippen molar-refractivity contribution in [1.29, 1.82) is 0 Å². The number of aliphatic hydroxyl groups excluding tert-OH is 1. The second-order valence-electron chi connectivity index (χ2n) is 6.28. The minimum Gasteiger partial charge on any atom is -1.00 e. The SMILES string of the molecule is CCCCCCCC/C=C\CCCCCCCC(=O)OCCO.[H-].[Na+]. The van der Waals surface area contributed by atoms with E-state index in [1.807, 2.05) is 0 Å². The number of hydrogen-bond donors (Lipinski definition) is 1. The van der Waals surface area contributed by atoms with Gasteiger partial charge in [-0.05, 0) is 32.1 Å². The smallest absolute Gasteiger partial charge is 1.00 e. The number of esters is 1. The van der Waals surface area contributed by atoms with Crippen LogP contribution in [-0.2, 0) is 9.53 Å². The van der Waals surface area contributed by atoms with E-state index in [0.29, 0.717) is 6.42 Å². The molecule has 138 valence electrons. The van der Waals surface area contributed by atoms with Crippen LogP contribution in [0.3, 0.4) is 0 Å². The first-order valence-electron chi connectivity index (χ1n) is 9.72. The second kappa shape index (κ2) is 23.2. The largest absolute Gasteiger partial charge is 1.00 e. The van der Waals surface area contributed by atoms with Gasteiger partial charge in [0, 0.05) is 6.42 Å². The van der Waals surface area contributed by atoms with Crippen molar-refractivity contribution in [2.45, 2.75) is 96.8 Å². The first-order valence-corrected chi connectivity index (χ1v) is 9.72. The molecule has 0 radical (unpaired) electrons. The molecule has 0 saturated heterocycles. The van der Waals surface area contributed by atoms with Gasteiger partial charge in [0.15, 0.2) is 0 Å². The molecule has 0 rings (SSSR count). The molecular weight excluding hydrogens is 311 g/mol. The van der Waals surface area contributed by atoms with Crippen molar-refractivity contribution in [3.05, 3.63) is 12.2 Å². The van der Waals surface area contributed by atoms with E-state index < -0.39 is 0 Å². The molecule has 3 nitrogen and oxygen atoms in total. The van der Waals surface area contributed by atoms with Crippen LogP contribution in [0.25, 0.3) is 0 Å². The van der Waals surface area contributed by atoms with Crippen molar-refractivity contribution >= 4 is 5.97 Å². The van der Waals surface area contributed by atoms with Gasteiger partial charge in [-0.1, -0.05) is 70.4 Å². The van der Waals surface area contributed by atoms with E-state index in [-0.39, 0.29) is 50.2 Å². The molecule has 0 saturated carbocycles. The summed E-state index contributed by atoms with van der Waals surface area (Å²) in [6, 6.07) is 0. The summed E-state index contributed by atoms with van der Waals surface area (Å²) in [5.41, 5.74) is 0. The number of rotatable bonds is 17. The Morgan fingerprint density at radius 1 is 0.875 bits per heavy atom. The molecule has 0 aliphatic rings. The summed E-state index contributed by atoms with van der Waals surface area (Å²) in [5, 5.41) is 8.54.